The van der Waals surface area contributed by atoms with Crippen LogP contribution in [0.5, 0.6) is 0 Å². The zero-order valence-electron chi connectivity index (χ0n) is 17.7. The standard InChI is InChI=1S/C23H24N2O5S/c1-13(2)22(23(26)27)24-31(28,29)17-8-10-20-19(12-17)18-9-7-16(11-21(18)30-20)25-14(3)5-6-15(25)4/h5-13,22,24H,1-4H3,(H,26,27)/t22-/m1/s1. The lowest BCUT2D eigenvalue weighted by Gasteiger charge is -2.17. The van der Waals surface area contributed by atoms with Crippen LogP contribution < -0.4 is 4.72 Å². The fourth-order valence-corrected chi connectivity index (χ4v) is 5.20. The normalized spacial score (nSPS) is 13.3. The van der Waals surface area contributed by atoms with Gasteiger partial charge in [-0.3, -0.25) is 4.79 Å². The Hall–Kier alpha value is -3.10. The Morgan fingerprint density at radius 3 is 2.26 bits per heavy atom. The quantitative estimate of drug-likeness (QED) is 0.463. The van der Waals surface area contributed by atoms with E-state index in [-0.39, 0.29) is 4.90 Å². The van der Waals surface area contributed by atoms with E-state index in [4.69, 9.17) is 4.42 Å². The molecule has 0 spiro atoms. The second-order valence-corrected chi connectivity index (χ2v) is 9.79. The fourth-order valence-electron chi connectivity index (χ4n) is 3.83. The van der Waals surface area contributed by atoms with Crippen molar-refractivity contribution in [1.82, 2.24) is 9.29 Å². The number of hydrogen-bond donors (Lipinski definition) is 2. The monoisotopic (exact) mass is 440 g/mol. The highest BCUT2D eigenvalue weighted by molar-refractivity contribution is 7.89. The van der Waals surface area contributed by atoms with E-state index in [0.29, 0.717) is 16.6 Å². The minimum absolute atomic E-state index is 0.00391. The molecule has 0 aliphatic carbocycles. The lowest BCUT2D eigenvalue weighted by atomic mass is 10.1. The molecule has 2 aromatic heterocycles. The molecule has 0 bridgehead atoms. The van der Waals surface area contributed by atoms with E-state index in [1.165, 1.54) is 12.1 Å². The van der Waals surface area contributed by atoms with Crippen molar-refractivity contribution in [2.45, 2.75) is 38.6 Å². The van der Waals surface area contributed by atoms with Gasteiger partial charge in [0, 0.05) is 33.9 Å². The van der Waals surface area contributed by atoms with Gasteiger partial charge < -0.3 is 14.1 Å². The van der Waals surface area contributed by atoms with E-state index >= 15 is 0 Å². The molecule has 7 nitrogen and oxygen atoms in total. The van der Waals surface area contributed by atoms with Crippen LogP contribution in [0.2, 0.25) is 0 Å². The minimum Gasteiger partial charge on any atom is -0.480 e. The van der Waals surface area contributed by atoms with Crippen molar-refractivity contribution in [2.75, 3.05) is 0 Å². The Morgan fingerprint density at radius 1 is 0.968 bits per heavy atom. The molecule has 162 valence electrons. The molecule has 0 radical (unpaired) electrons. The first-order valence-corrected chi connectivity index (χ1v) is 11.4. The third-order valence-corrected chi connectivity index (χ3v) is 6.92. The molecule has 4 rings (SSSR count). The lowest BCUT2D eigenvalue weighted by molar-refractivity contribution is -0.140. The second kappa shape index (κ2) is 7.55. The van der Waals surface area contributed by atoms with Crippen LogP contribution in [0.15, 0.2) is 57.8 Å². The summed E-state index contributed by atoms with van der Waals surface area (Å²) in [5.41, 5.74) is 4.37. The van der Waals surface area contributed by atoms with E-state index in [0.717, 1.165) is 22.5 Å². The highest BCUT2D eigenvalue weighted by Crippen LogP contribution is 2.32. The van der Waals surface area contributed by atoms with Crippen LogP contribution in [0, 0.1) is 19.8 Å². The number of aromatic nitrogens is 1. The van der Waals surface area contributed by atoms with Gasteiger partial charge in [-0.05, 0) is 62.2 Å². The minimum atomic E-state index is -4.02. The van der Waals surface area contributed by atoms with Gasteiger partial charge in [-0.1, -0.05) is 13.8 Å². The maximum absolute atomic E-state index is 12.8. The van der Waals surface area contributed by atoms with Gasteiger partial charge in [-0.15, -0.1) is 0 Å². The molecule has 0 amide bonds. The smallest absolute Gasteiger partial charge is 0.322 e. The topological polar surface area (TPSA) is 102 Å². The van der Waals surface area contributed by atoms with E-state index in [1.54, 1.807) is 19.9 Å². The molecule has 31 heavy (non-hydrogen) atoms. The predicted octanol–water partition coefficient (Wildman–Crippen LogP) is 4.38. The number of benzene rings is 2. The SMILES string of the molecule is Cc1ccc(C)n1-c1ccc2c(c1)oc1ccc(S(=O)(=O)N[C@@H](C(=O)O)C(C)C)cc12. The number of nitrogens with one attached hydrogen (secondary N) is 1. The number of fused-ring (bicyclic) bond motifs is 3. The third kappa shape index (κ3) is 3.73. The molecule has 1 atom stereocenters. The molecule has 0 fully saturated rings. The summed E-state index contributed by atoms with van der Waals surface area (Å²) >= 11 is 0. The Morgan fingerprint density at radius 2 is 1.65 bits per heavy atom. The molecule has 0 aliphatic heterocycles. The molecule has 0 aliphatic rings. The first kappa shape index (κ1) is 21.1. The number of carboxylic acid groups (broad SMARTS) is 1. The van der Waals surface area contributed by atoms with E-state index in [9.17, 15) is 18.3 Å². The molecule has 2 aromatic carbocycles. The average Bonchev–Trinajstić information content (AvgIpc) is 3.23. The van der Waals surface area contributed by atoms with Crippen LogP contribution in [0.25, 0.3) is 27.6 Å². The largest absolute Gasteiger partial charge is 0.480 e. The number of sulfonamides is 1. The number of aryl methyl sites for hydroxylation is 2. The van der Waals surface area contributed by atoms with Crippen LogP contribution in [0.4, 0.5) is 0 Å². The number of carboxylic acids is 1. The summed E-state index contributed by atoms with van der Waals surface area (Å²) in [4.78, 5) is 11.4. The Kier molecular flexibility index (Phi) is 5.15. The number of nitrogens with zero attached hydrogens (tertiary/aromatic N) is 1. The van der Waals surface area contributed by atoms with Crippen LogP contribution in [0.3, 0.4) is 0 Å². The molecule has 8 heteroatoms. The first-order chi connectivity index (χ1) is 14.6. The molecular formula is C23H24N2O5S. The molecule has 0 unspecified atom stereocenters. The molecule has 4 aromatic rings. The first-order valence-electron chi connectivity index (χ1n) is 9.95. The van der Waals surface area contributed by atoms with Crippen molar-refractivity contribution in [1.29, 1.82) is 0 Å². The van der Waals surface area contributed by atoms with Gasteiger partial charge in [0.1, 0.15) is 17.2 Å². The summed E-state index contributed by atoms with van der Waals surface area (Å²) in [6.07, 6.45) is 0. The summed E-state index contributed by atoms with van der Waals surface area (Å²) in [5.74, 6) is -1.61. The number of carbonyl (C=O) groups is 1. The number of aliphatic carboxylic acids is 1. The van der Waals surface area contributed by atoms with Crippen LogP contribution in [0.1, 0.15) is 25.2 Å². The van der Waals surface area contributed by atoms with Crippen molar-refractivity contribution >= 4 is 37.9 Å². The maximum Gasteiger partial charge on any atom is 0.322 e. The summed E-state index contributed by atoms with van der Waals surface area (Å²) in [6.45, 7) is 7.36. The number of rotatable bonds is 6. The molecule has 2 heterocycles. The predicted molar refractivity (Wildman–Crippen MR) is 119 cm³/mol. The fraction of sp³-hybridized carbons (Fsp3) is 0.261. The van der Waals surface area contributed by atoms with Crippen molar-refractivity contribution in [3.63, 3.8) is 0 Å². The maximum atomic E-state index is 12.8. The van der Waals surface area contributed by atoms with E-state index in [1.807, 2.05) is 44.2 Å². The Labute approximate surface area is 180 Å². The van der Waals surface area contributed by atoms with Gasteiger partial charge in [-0.2, -0.15) is 4.72 Å². The second-order valence-electron chi connectivity index (χ2n) is 8.07. The van der Waals surface area contributed by atoms with Gasteiger partial charge in [0.25, 0.3) is 0 Å². The number of hydrogen-bond acceptors (Lipinski definition) is 4. The van der Waals surface area contributed by atoms with Crippen molar-refractivity contribution in [2.24, 2.45) is 5.92 Å². The lowest BCUT2D eigenvalue weighted by Crippen LogP contribution is -2.44. The Balaban J connectivity index is 1.79. The van der Waals surface area contributed by atoms with E-state index < -0.39 is 28.0 Å². The summed E-state index contributed by atoms with van der Waals surface area (Å²) in [6, 6.07) is 13.2. The van der Waals surface area contributed by atoms with Crippen molar-refractivity contribution < 1.29 is 22.7 Å². The van der Waals surface area contributed by atoms with Gasteiger partial charge in [0.2, 0.25) is 10.0 Å². The van der Waals surface area contributed by atoms with E-state index in [2.05, 4.69) is 9.29 Å². The molecule has 0 saturated heterocycles. The summed E-state index contributed by atoms with van der Waals surface area (Å²) < 4.78 is 36.0. The van der Waals surface area contributed by atoms with Gasteiger partial charge in [0.05, 0.1) is 4.90 Å². The molecule has 0 saturated carbocycles. The molecule has 2 N–H and O–H groups in total. The van der Waals surface area contributed by atoms with Crippen LogP contribution >= 0.6 is 0 Å². The van der Waals surface area contributed by atoms with Gasteiger partial charge in [0.15, 0.2) is 0 Å². The zero-order valence-corrected chi connectivity index (χ0v) is 18.5. The van der Waals surface area contributed by atoms with Crippen LogP contribution in [-0.4, -0.2) is 30.1 Å². The molecular weight excluding hydrogens is 416 g/mol. The summed E-state index contributed by atoms with van der Waals surface area (Å²) in [5, 5.41) is 10.8. The highest BCUT2D eigenvalue weighted by Gasteiger charge is 2.28. The summed E-state index contributed by atoms with van der Waals surface area (Å²) in [7, 11) is -4.02. The van der Waals surface area contributed by atoms with Crippen molar-refractivity contribution in [3.05, 3.63) is 59.9 Å². The van der Waals surface area contributed by atoms with Gasteiger partial charge >= 0.3 is 5.97 Å². The Bertz CT molecular complexity index is 1390. The van der Waals surface area contributed by atoms with Crippen molar-refractivity contribution in [3.8, 4) is 5.69 Å². The average molecular weight is 441 g/mol. The third-order valence-electron chi connectivity index (χ3n) is 5.48. The van der Waals surface area contributed by atoms with Gasteiger partial charge in [-0.25, -0.2) is 8.42 Å². The van der Waals surface area contributed by atoms with Crippen LogP contribution in [-0.2, 0) is 14.8 Å². The zero-order chi connectivity index (χ0) is 22.5. The number of furan rings is 1. The highest BCUT2D eigenvalue weighted by atomic mass is 32.2.